The van der Waals surface area contributed by atoms with Crippen molar-refractivity contribution in [2.75, 3.05) is 6.61 Å². The van der Waals surface area contributed by atoms with Gasteiger partial charge in [-0.1, -0.05) is 0 Å². The summed E-state index contributed by atoms with van der Waals surface area (Å²) in [6.07, 6.45) is 1.98. The van der Waals surface area contributed by atoms with E-state index in [9.17, 15) is 4.79 Å². The monoisotopic (exact) mass is 128 g/mol. The number of ether oxygens (including phenoxy) is 2. The molecule has 0 aromatic carbocycles. The first-order valence-electron chi connectivity index (χ1n) is 3.19. The third kappa shape index (κ3) is 0.866. The van der Waals surface area contributed by atoms with Crippen LogP contribution in [0.3, 0.4) is 0 Å². The van der Waals surface area contributed by atoms with E-state index >= 15 is 0 Å². The Hall–Kier alpha value is -0.730. The van der Waals surface area contributed by atoms with Gasteiger partial charge in [0.1, 0.15) is 12.7 Å². The maximum absolute atomic E-state index is 10.3. The number of cyclic esters (lactones) is 2. The summed E-state index contributed by atoms with van der Waals surface area (Å²) in [7, 11) is 0. The molecule has 0 aromatic rings. The second kappa shape index (κ2) is 1.62. The van der Waals surface area contributed by atoms with Crippen molar-refractivity contribution < 1.29 is 14.3 Å². The molecule has 0 aromatic heterocycles. The van der Waals surface area contributed by atoms with E-state index < -0.39 is 6.16 Å². The third-order valence-electron chi connectivity index (χ3n) is 1.76. The smallest absolute Gasteiger partial charge is 0.430 e. The van der Waals surface area contributed by atoms with Crippen molar-refractivity contribution in [1.29, 1.82) is 0 Å². The van der Waals surface area contributed by atoms with Gasteiger partial charge in [0, 0.05) is 0 Å². The molecule has 3 nitrogen and oxygen atoms in total. The summed E-state index contributed by atoms with van der Waals surface area (Å²) >= 11 is 0. The van der Waals surface area contributed by atoms with Crippen molar-refractivity contribution in [3.63, 3.8) is 0 Å². The molecule has 2 fully saturated rings. The van der Waals surface area contributed by atoms with Crippen LogP contribution in [0, 0.1) is 5.92 Å². The lowest BCUT2D eigenvalue weighted by Crippen LogP contribution is -2.11. The van der Waals surface area contributed by atoms with Crippen molar-refractivity contribution in [3.8, 4) is 0 Å². The minimum atomic E-state index is -0.494. The standard InChI is InChI=1S/C6H8O3/c7-6-8-3-5(9-6)4-1-2-4/h4-5H,1-3H2. The van der Waals surface area contributed by atoms with Gasteiger partial charge < -0.3 is 9.47 Å². The molecule has 1 aliphatic heterocycles. The second-order valence-corrected chi connectivity index (χ2v) is 2.55. The quantitative estimate of drug-likeness (QED) is 0.493. The molecule has 0 radical (unpaired) electrons. The Labute approximate surface area is 52.9 Å². The summed E-state index contributed by atoms with van der Waals surface area (Å²) in [6, 6.07) is 0. The zero-order valence-corrected chi connectivity index (χ0v) is 5.00. The van der Waals surface area contributed by atoms with E-state index in [2.05, 4.69) is 4.74 Å². The zero-order valence-electron chi connectivity index (χ0n) is 5.00. The highest BCUT2D eigenvalue weighted by molar-refractivity contribution is 5.61. The summed E-state index contributed by atoms with van der Waals surface area (Å²) in [5, 5.41) is 0. The highest BCUT2D eigenvalue weighted by Crippen LogP contribution is 2.36. The van der Waals surface area contributed by atoms with Gasteiger partial charge in [0.15, 0.2) is 0 Å². The number of rotatable bonds is 1. The van der Waals surface area contributed by atoms with Crippen LogP contribution >= 0.6 is 0 Å². The molecule has 0 bridgehead atoms. The predicted octanol–water partition coefficient (Wildman–Crippen LogP) is 0.932. The summed E-state index contributed by atoms with van der Waals surface area (Å²) in [4.78, 5) is 10.3. The summed E-state index contributed by atoms with van der Waals surface area (Å²) in [6.45, 7) is 0.476. The maximum atomic E-state index is 10.3. The van der Waals surface area contributed by atoms with Gasteiger partial charge in [0.2, 0.25) is 0 Å². The Morgan fingerprint density at radius 2 is 2.22 bits per heavy atom. The lowest BCUT2D eigenvalue weighted by atomic mass is 10.2. The van der Waals surface area contributed by atoms with Crippen LogP contribution in [0.25, 0.3) is 0 Å². The lowest BCUT2D eigenvalue weighted by molar-refractivity contribution is 0.113. The molecule has 2 aliphatic rings. The number of hydrogen-bond acceptors (Lipinski definition) is 3. The fourth-order valence-corrected chi connectivity index (χ4v) is 1.04. The predicted molar refractivity (Wildman–Crippen MR) is 28.9 cm³/mol. The van der Waals surface area contributed by atoms with Gasteiger partial charge in [-0.15, -0.1) is 0 Å². The summed E-state index contributed by atoms with van der Waals surface area (Å²) in [5.74, 6) is 0.608. The maximum Gasteiger partial charge on any atom is 0.508 e. The fourth-order valence-electron chi connectivity index (χ4n) is 1.04. The van der Waals surface area contributed by atoms with E-state index in [-0.39, 0.29) is 6.10 Å². The molecule has 1 atom stereocenters. The molecule has 1 saturated heterocycles. The highest BCUT2D eigenvalue weighted by atomic mass is 16.8. The second-order valence-electron chi connectivity index (χ2n) is 2.55. The average molecular weight is 128 g/mol. The largest absolute Gasteiger partial charge is 0.508 e. The van der Waals surface area contributed by atoms with Gasteiger partial charge in [0.05, 0.1) is 0 Å². The molecule has 0 amide bonds. The van der Waals surface area contributed by atoms with Crippen molar-refractivity contribution >= 4 is 6.16 Å². The molecular formula is C6H8O3. The van der Waals surface area contributed by atoms with Crippen LogP contribution in [0.4, 0.5) is 4.79 Å². The minimum absolute atomic E-state index is 0.0810. The molecular weight excluding hydrogens is 120 g/mol. The molecule has 50 valence electrons. The normalized spacial score (nSPS) is 33.8. The van der Waals surface area contributed by atoms with Crippen molar-refractivity contribution in [3.05, 3.63) is 0 Å². The van der Waals surface area contributed by atoms with E-state index in [1.165, 1.54) is 12.8 Å². The first-order chi connectivity index (χ1) is 4.36. The SMILES string of the molecule is O=C1OCC(C2CC2)O1. The first kappa shape index (κ1) is 5.09. The van der Waals surface area contributed by atoms with Crippen molar-refractivity contribution in [2.45, 2.75) is 18.9 Å². The fraction of sp³-hybridized carbons (Fsp3) is 0.833. The van der Waals surface area contributed by atoms with Crippen molar-refractivity contribution in [1.82, 2.24) is 0 Å². The molecule has 1 saturated carbocycles. The van der Waals surface area contributed by atoms with Gasteiger partial charge in [0.25, 0.3) is 0 Å². The highest BCUT2D eigenvalue weighted by Gasteiger charge is 2.38. The van der Waals surface area contributed by atoms with Crippen LogP contribution in [0.1, 0.15) is 12.8 Å². The van der Waals surface area contributed by atoms with E-state index in [0.29, 0.717) is 12.5 Å². The van der Waals surface area contributed by atoms with Gasteiger partial charge in [-0.2, -0.15) is 0 Å². The topological polar surface area (TPSA) is 35.5 Å². The molecule has 1 aliphatic carbocycles. The number of carbonyl (C=O) groups is 1. The molecule has 1 unspecified atom stereocenters. The van der Waals surface area contributed by atoms with E-state index in [1.54, 1.807) is 0 Å². The molecule has 3 heteroatoms. The molecule has 1 heterocycles. The Bertz CT molecular complexity index is 139. The van der Waals surface area contributed by atoms with Gasteiger partial charge in [-0.3, -0.25) is 0 Å². The Balaban J connectivity index is 1.92. The van der Waals surface area contributed by atoms with Gasteiger partial charge in [-0.25, -0.2) is 4.79 Å². The Morgan fingerprint density at radius 3 is 2.67 bits per heavy atom. The van der Waals surface area contributed by atoms with Gasteiger partial charge >= 0.3 is 6.16 Å². The Morgan fingerprint density at radius 1 is 1.44 bits per heavy atom. The molecule has 2 rings (SSSR count). The number of carbonyl (C=O) groups excluding carboxylic acids is 1. The van der Waals surface area contributed by atoms with Crippen LogP contribution in [0.15, 0.2) is 0 Å². The van der Waals surface area contributed by atoms with E-state index in [0.717, 1.165) is 0 Å². The molecule has 9 heavy (non-hydrogen) atoms. The van der Waals surface area contributed by atoms with Crippen LogP contribution in [0.5, 0.6) is 0 Å². The van der Waals surface area contributed by atoms with Crippen LogP contribution in [-0.4, -0.2) is 18.9 Å². The summed E-state index contributed by atoms with van der Waals surface area (Å²) < 4.78 is 9.43. The first-order valence-corrected chi connectivity index (χ1v) is 3.19. The summed E-state index contributed by atoms with van der Waals surface area (Å²) in [5.41, 5.74) is 0. The van der Waals surface area contributed by atoms with Crippen LogP contribution in [-0.2, 0) is 9.47 Å². The van der Waals surface area contributed by atoms with E-state index in [4.69, 9.17) is 4.74 Å². The van der Waals surface area contributed by atoms with Crippen LogP contribution in [0.2, 0.25) is 0 Å². The van der Waals surface area contributed by atoms with Crippen molar-refractivity contribution in [2.24, 2.45) is 5.92 Å². The molecule has 0 N–H and O–H groups in total. The Kier molecular flexibility index (Phi) is 0.917. The van der Waals surface area contributed by atoms with E-state index in [1.807, 2.05) is 0 Å². The van der Waals surface area contributed by atoms with Gasteiger partial charge in [-0.05, 0) is 18.8 Å². The number of hydrogen-bond donors (Lipinski definition) is 0. The molecule has 0 spiro atoms. The third-order valence-corrected chi connectivity index (χ3v) is 1.76. The van der Waals surface area contributed by atoms with Crippen LogP contribution < -0.4 is 0 Å². The lowest BCUT2D eigenvalue weighted by Gasteiger charge is -1.99. The zero-order chi connectivity index (χ0) is 6.27. The average Bonchev–Trinajstić information content (AvgIpc) is 2.58. The minimum Gasteiger partial charge on any atom is -0.430 e.